The van der Waals surface area contributed by atoms with Gasteiger partial charge in [0.2, 0.25) is 5.91 Å². The number of hydrogen-bond donors (Lipinski definition) is 1. The van der Waals surface area contributed by atoms with Gasteiger partial charge in [-0.2, -0.15) is 0 Å². The lowest BCUT2D eigenvalue weighted by Crippen LogP contribution is -2.41. The monoisotopic (exact) mass is 390 g/mol. The van der Waals surface area contributed by atoms with E-state index in [9.17, 15) is 4.79 Å². The van der Waals surface area contributed by atoms with Crippen LogP contribution >= 0.6 is 0 Å². The van der Waals surface area contributed by atoms with Gasteiger partial charge in [0.05, 0.1) is 24.1 Å². The number of carbonyl (C=O) groups excluding carboxylic acids is 1. The van der Waals surface area contributed by atoms with Crippen molar-refractivity contribution < 1.29 is 9.53 Å². The number of methoxy groups -OCH3 is 1. The molecule has 0 radical (unpaired) electrons. The number of amides is 1. The van der Waals surface area contributed by atoms with Crippen LogP contribution < -0.4 is 15.0 Å². The molecule has 1 saturated heterocycles. The van der Waals surface area contributed by atoms with Gasteiger partial charge in [-0.05, 0) is 56.0 Å². The molecule has 1 aromatic heterocycles. The summed E-state index contributed by atoms with van der Waals surface area (Å²) in [5.74, 6) is 1.15. The second kappa shape index (κ2) is 8.07. The molecule has 6 nitrogen and oxygen atoms in total. The van der Waals surface area contributed by atoms with Gasteiger partial charge in [0.15, 0.2) is 5.82 Å². The number of piperidine rings is 1. The number of para-hydroxylation sites is 2. The van der Waals surface area contributed by atoms with Crippen molar-refractivity contribution in [2.45, 2.75) is 26.7 Å². The molecule has 1 N–H and O–H groups in total. The molecule has 0 aliphatic carbocycles. The first-order chi connectivity index (χ1) is 14.1. The molecule has 1 atom stereocenters. The summed E-state index contributed by atoms with van der Waals surface area (Å²) in [6.07, 6.45) is 1.78. The molecule has 1 fully saturated rings. The lowest BCUT2D eigenvalue weighted by atomic mass is 9.96. The van der Waals surface area contributed by atoms with E-state index in [1.54, 1.807) is 7.11 Å². The Bertz CT molecular complexity index is 1050. The number of benzene rings is 2. The molecular formula is C23H26N4O2. The highest BCUT2D eigenvalue weighted by Gasteiger charge is 2.29. The van der Waals surface area contributed by atoms with Crippen molar-refractivity contribution in [1.29, 1.82) is 0 Å². The molecule has 4 rings (SSSR count). The average molecular weight is 390 g/mol. The topological polar surface area (TPSA) is 67.4 Å². The van der Waals surface area contributed by atoms with Crippen molar-refractivity contribution in [3.63, 3.8) is 0 Å². The van der Waals surface area contributed by atoms with Gasteiger partial charge in [-0.3, -0.25) is 4.79 Å². The van der Waals surface area contributed by atoms with E-state index < -0.39 is 0 Å². The van der Waals surface area contributed by atoms with E-state index >= 15 is 0 Å². The number of anilines is 2. The van der Waals surface area contributed by atoms with Gasteiger partial charge in [-0.15, -0.1) is 0 Å². The molecule has 3 aromatic rings. The Hall–Kier alpha value is -3.15. The van der Waals surface area contributed by atoms with Crippen LogP contribution in [0.5, 0.6) is 5.88 Å². The summed E-state index contributed by atoms with van der Waals surface area (Å²) in [6, 6.07) is 13.7. The number of nitrogens with zero attached hydrogens (tertiary/aromatic N) is 3. The first kappa shape index (κ1) is 19.2. The molecule has 29 heavy (non-hydrogen) atoms. The van der Waals surface area contributed by atoms with E-state index in [1.165, 1.54) is 5.56 Å². The van der Waals surface area contributed by atoms with Gasteiger partial charge in [0.25, 0.3) is 5.88 Å². The summed E-state index contributed by atoms with van der Waals surface area (Å²) < 4.78 is 5.51. The number of hydrogen-bond acceptors (Lipinski definition) is 5. The quantitative estimate of drug-likeness (QED) is 0.726. The largest absolute Gasteiger partial charge is 0.478 e. The fraction of sp³-hybridized carbons (Fsp3) is 0.348. The molecule has 6 heteroatoms. The molecule has 1 amide bonds. The zero-order valence-electron chi connectivity index (χ0n) is 17.1. The third kappa shape index (κ3) is 3.88. The van der Waals surface area contributed by atoms with Gasteiger partial charge in [-0.1, -0.05) is 24.3 Å². The third-order valence-corrected chi connectivity index (χ3v) is 5.67. The van der Waals surface area contributed by atoms with Crippen LogP contribution in [0.4, 0.5) is 11.5 Å². The third-order valence-electron chi connectivity index (χ3n) is 5.67. The minimum Gasteiger partial charge on any atom is -0.478 e. The summed E-state index contributed by atoms with van der Waals surface area (Å²) in [5.41, 5.74) is 4.79. The predicted molar refractivity (Wildman–Crippen MR) is 116 cm³/mol. The van der Waals surface area contributed by atoms with Crippen molar-refractivity contribution in [1.82, 2.24) is 9.97 Å². The number of aryl methyl sites for hydroxylation is 1. The van der Waals surface area contributed by atoms with E-state index in [2.05, 4.69) is 28.2 Å². The van der Waals surface area contributed by atoms with Crippen molar-refractivity contribution in [3.8, 4) is 5.88 Å². The summed E-state index contributed by atoms with van der Waals surface area (Å²) in [6.45, 7) is 5.52. The maximum Gasteiger partial charge on any atom is 0.257 e. The van der Waals surface area contributed by atoms with Crippen LogP contribution in [-0.2, 0) is 4.79 Å². The second-order valence-corrected chi connectivity index (χ2v) is 7.57. The van der Waals surface area contributed by atoms with E-state index in [1.807, 2.05) is 43.3 Å². The maximum absolute atomic E-state index is 13.0. The van der Waals surface area contributed by atoms with Crippen LogP contribution in [0.15, 0.2) is 42.5 Å². The summed E-state index contributed by atoms with van der Waals surface area (Å²) >= 11 is 0. The summed E-state index contributed by atoms with van der Waals surface area (Å²) in [7, 11) is 1.61. The average Bonchev–Trinajstić information content (AvgIpc) is 2.76. The lowest BCUT2D eigenvalue weighted by Gasteiger charge is -2.33. The molecule has 0 saturated carbocycles. The Morgan fingerprint density at radius 2 is 1.86 bits per heavy atom. The van der Waals surface area contributed by atoms with Gasteiger partial charge in [0.1, 0.15) is 0 Å². The molecule has 2 heterocycles. The summed E-state index contributed by atoms with van der Waals surface area (Å²) in [4.78, 5) is 24.5. The summed E-state index contributed by atoms with van der Waals surface area (Å²) in [5, 5.41) is 3.12. The first-order valence-corrected chi connectivity index (χ1v) is 9.99. The van der Waals surface area contributed by atoms with Crippen LogP contribution in [0.3, 0.4) is 0 Å². The van der Waals surface area contributed by atoms with Crippen LogP contribution in [-0.4, -0.2) is 36.1 Å². The Kier molecular flexibility index (Phi) is 5.34. The van der Waals surface area contributed by atoms with E-state index in [4.69, 9.17) is 9.72 Å². The SMILES string of the molecule is COc1nc2ccccc2nc1N1CCCC(C(=O)Nc2cccc(C)c2C)C1. The van der Waals surface area contributed by atoms with Gasteiger partial charge >= 0.3 is 0 Å². The van der Waals surface area contributed by atoms with Gasteiger partial charge in [0, 0.05) is 18.8 Å². The van der Waals surface area contributed by atoms with Crippen LogP contribution in [0, 0.1) is 19.8 Å². The van der Waals surface area contributed by atoms with Crippen molar-refractivity contribution in [3.05, 3.63) is 53.6 Å². The Morgan fingerprint density at radius 1 is 1.10 bits per heavy atom. The Morgan fingerprint density at radius 3 is 2.62 bits per heavy atom. The highest BCUT2D eigenvalue weighted by molar-refractivity contribution is 5.94. The highest BCUT2D eigenvalue weighted by Crippen LogP contribution is 2.31. The highest BCUT2D eigenvalue weighted by atomic mass is 16.5. The predicted octanol–water partition coefficient (Wildman–Crippen LogP) is 4.11. The molecule has 1 aliphatic heterocycles. The molecule has 0 bridgehead atoms. The van der Waals surface area contributed by atoms with Crippen LogP contribution in [0.1, 0.15) is 24.0 Å². The molecular weight excluding hydrogens is 364 g/mol. The molecule has 150 valence electrons. The number of aromatic nitrogens is 2. The number of fused-ring (bicyclic) bond motifs is 1. The molecule has 2 aromatic carbocycles. The van der Waals surface area contributed by atoms with Crippen LogP contribution in [0.25, 0.3) is 11.0 Å². The number of rotatable bonds is 4. The van der Waals surface area contributed by atoms with E-state index in [0.29, 0.717) is 18.2 Å². The smallest absolute Gasteiger partial charge is 0.257 e. The molecule has 0 spiro atoms. The number of ether oxygens (including phenoxy) is 1. The van der Waals surface area contributed by atoms with E-state index in [0.717, 1.165) is 41.7 Å². The zero-order valence-corrected chi connectivity index (χ0v) is 17.1. The fourth-order valence-corrected chi connectivity index (χ4v) is 3.82. The zero-order chi connectivity index (χ0) is 20.4. The number of nitrogens with one attached hydrogen (secondary N) is 1. The normalized spacial score (nSPS) is 16.7. The second-order valence-electron chi connectivity index (χ2n) is 7.57. The molecule has 1 aliphatic rings. The van der Waals surface area contributed by atoms with Crippen molar-refractivity contribution in [2.75, 3.05) is 30.4 Å². The van der Waals surface area contributed by atoms with Crippen molar-refractivity contribution in [2.24, 2.45) is 5.92 Å². The fourth-order valence-electron chi connectivity index (χ4n) is 3.82. The minimum atomic E-state index is -0.110. The Labute approximate surface area is 170 Å². The van der Waals surface area contributed by atoms with Crippen molar-refractivity contribution >= 4 is 28.4 Å². The van der Waals surface area contributed by atoms with Gasteiger partial charge < -0.3 is 15.0 Å². The maximum atomic E-state index is 13.0. The van der Waals surface area contributed by atoms with Crippen LogP contribution in [0.2, 0.25) is 0 Å². The molecule has 1 unspecified atom stereocenters. The first-order valence-electron chi connectivity index (χ1n) is 9.99. The minimum absolute atomic E-state index is 0.0520. The van der Waals surface area contributed by atoms with Gasteiger partial charge in [-0.25, -0.2) is 9.97 Å². The number of carbonyl (C=O) groups is 1. The lowest BCUT2D eigenvalue weighted by molar-refractivity contribution is -0.120. The standard InChI is InChI=1S/C23H26N4O2/c1-15-8-6-12-18(16(15)2)25-22(28)17-9-7-13-27(14-17)21-23(29-3)26-20-11-5-4-10-19(20)24-21/h4-6,8,10-12,17H,7,9,13-14H2,1-3H3,(H,25,28). The Balaban J connectivity index is 1.56. The van der Waals surface area contributed by atoms with E-state index in [-0.39, 0.29) is 11.8 Å².